The third-order valence-corrected chi connectivity index (χ3v) is 3.54. The lowest BCUT2D eigenvalue weighted by molar-refractivity contribution is 0.415. The minimum absolute atomic E-state index is 0.186. The highest BCUT2D eigenvalue weighted by atomic mass is 16.5. The van der Waals surface area contributed by atoms with E-state index in [0.29, 0.717) is 11.4 Å². The molecule has 0 saturated carbocycles. The van der Waals surface area contributed by atoms with Gasteiger partial charge in [0.15, 0.2) is 0 Å². The molecule has 0 aliphatic carbocycles. The van der Waals surface area contributed by atoms with Gasteiger partial charge in [0.25, 0.3) is 0 Å². The van der Waals surface area contributed by atoms with E-state index in [1.54, 1.807) is 31.5 Å². The maximum absolute atomic E-state index is 9.70. The van der Waals surface area contributed by atoms with E-state index in [-0.39, 0.29) is 5.75 Å². The van der Waals surface area contributed by atoms with Gasteiger partial charge in [-0.25, -0.2) is 4.98 Å². The van der Waals surface area contributed by atoms with E-state index >= 15 is 0 Å². The molecule has 0 spiro atoms. The summed E-state index contributed by atoms with van der Waals surface area (Å²) < 4.78 is 5.24. The van der Waals surface area contributed by atoms with Crippen molar-refractivity contribution in [1.29, 1.82) is 0 Å². The van der Waals surface area contributed by atoms with Crippen LogP contribution in [-0.4, -0.2) is 23.4 Å². The minimum Gasteiger partial charge on any atom is -0.507 e. The summed E-state index contributed by atoms with van der Waals surface area (Å²) in [5, 5.41) is 14.9. The zero-order valence-corrected chi connectivity index (χ0v) is 12.9. The second-order valence-electron chi connectivity index (χ2n) is 5.14. The van der Waals surface area contributed by atoms with Gasteiger partial charge in [-0.05, 0) is 42.8 Å². The summed E-state index contributed by atoms with van der Waals surface area (Å²) in [6, 6.07) is 14.7. The van der Waals surface area contributed by atoms with Crippen LogP contribution < -0.4 is 10.2 Å². The highest BCUT2D eigenvalue weighted by Crippen LogP contribution is 2.24. The van der Waals surface area contributed by atoms with E-state index in [9.17, 15) is 5.11 Å². The number of pyridine rings is 1. The van der Waals surface area contributed by atoms with Crippen molar-refractivity contribution in [2.24, 2.45) is 5.10 Å². The average molecular weight is 307 g/mol. The molecule has 0 aliphatic heterocycles. The molecule has 0 amide bonds. The zero-order valence-electron chi connectivity index (χ0n) is 12.9. The summed E-state index contributed by atoms with van der Waals surface area (Å²) in [4.78, 5) is 4.53. The van der Waals surface area contributed by atoms with Gasteiger partial charge in [0.05, 0.1) is 18.8 Å². The number of fused-ring (bicyclic) bond motifs is 1. The highest BCUT2D eigenvalue weighted by molar-refractivity contribution is 5.86. The second kappa shape index (κ2) is 6.36. The number of benzene rings is 2. The molecule has 0 radical (unpaired) electrons. The van der Waals surface area contributed by atoms with Gasteiger partial charge in [0.2, 0.25) is 0 Å². The summed E-state index contributed by atoms with van der Waals surface area (Å²) in [5.74, 6) is 1.58. The van der Waals surface area contributed by atoms with E-state index in [1.165, 1.54) is 0 Å². The minimum atomic E-state index is 0.186. The number of hydrogen-bond donors (Lipinski definition) is 2. The molecule has 2 N–H and O–H groups in total. The third kappa shape index (κ3) is 3.23. The Bertz CT molecular complexity index is 875. The number of nitrogens with zero attached hydrogens (tertiary/aromatic N) is 2. The van der Waals surface area contributed by atoms with Gasteiger partial charge in [-0.2, -0.15) is 5.10 Å². The molecule has 5 heteroatoms. The molecule has 3 aromatic rings. The Labute approximate surface area is 134 Å². The number of phenols is 1. The number of aromatic hydroxyl groups is 1. The van der Waals surface area contributed by atoms with Crippen LogP contribution in [0.5, 0.6) is 11.5 Å². The molecule has 0 unspecified atom stereocenters. The van der Waals surface area contributed by atoms with Crippen molar-refractivity contribution in [1.82, 2.24) is 4.98 Å². The number of methoxy groups -OCH3 is 1. The van der Waals surface area contributed by atoms with Crippen LogP contribution in [0.2, 0.25) is 0 Å². The van der Waals surface area contributed by atoms with Crippen LogP contribution in [0.1, 0.15) is 11.1 Å². The number of hydrazone groups is 1. The number of hydrogen-bond acceptors (Lipinski definition) is 5. The number of ether oxygens (including phenoxy) is 1. The number of nitrogens with one attached hydrogen (secondary N) is 1. The molecule has 3 rings (SSSR count). The molecule has 23 heavy (non-hydrogen) atoms. The van der Waals surface area contributed by atoms with Gasteiger partial charge < -0.3 is 9.84 Å². The Hall–Kier alpha value is -3.08. The van der Waals surface area contributed by atoms with Crippen molar-refractivity contribution in [3.05, 3.63) is 59.7 Å². The third-order valence-electron chi connectivity index (χ3n) is 3.54. The van der Waals surface area contributed by atoms with E-state index in [4.69, 9.17) is 4.74 Å². The first-order valence-electron chi connectivity index (χ1n) is 7.20. The van der Waals surface area contributed by atoms with Crippen LogP contribution in [0.25, 0.3) is 10.9 Å². The standard InChI is InChI=1S/C18H17N3O2/c1-12-9-18(20-16-10-14(23-2)7-8-15(12)16)21-19-11-13-5-3-4-6-17(13)22/h3-11,22H,1-2H3,(H,20,21)/b19-11+. The van der Waals surface area contributed by atoms with Crippen molar-refractivity contribution in [2.45, 2.75) is 6.92 Å². The Morgan fingerprint density at radius 3 is 2.78 bits per heavy atom. The van der Waals surface area contributed by atoms with Crippen molar-refractivity contribution in [3.63, 3.8) is 0 Å². The molecule has 1 aromatic heterocycles. The van der Waals surface area contributed by atoms with Crippen molar-refractivity contribution >= 4 is 22.9 Å². The smallest absolute Gasteiger partial charge is 0.147 e. The number of aromatic nitrogens is 1. The van der Waals surface area contributed by atoms with Crippen LogP contribution in [0, 0.1) is 6.92 Å². The van der Waals surface area contributed by atoms with E-state index in [1.807, 2.05) is 37.3 Å². The van der Waals surface area contributed by atoms with Crippen molar-refractivity contribution in [2.75, 3.05) is 12.5 Å². The fourth-order valence-corrected chi connectivity index (χ4v) is 2.33. The molecule has 5 nitrogen and oxygen atoms in total. The molecule has 1 heterocycles. The van der Waals surface area contributed by atoms with Gasteiger partial charge in [-0.15, -0.1) is 0 Å². The Balaban J connectivity index is 1.87. The van der Waals surface area contributed by atoms with Crippen LogP contribution in [-0.2, 0) is 0 Å². The first-order chi connectivity index (χ1) is 11.2. The molecule has 0 bridgehead atoms. The number of rotatable bonds is 4. The first-order valence-corrected chi connectivity index (χ1v) is 7.20. The summed E-state index contributed by atoms with van der Waals surface area (Å²) >= 11 is 0. The lowest BCUT2D eigenvalue weighted by Crippen LogP contribution is -1.96. The quantitative estimate of drug-likeness (QED) is 0.569. The molecule has 0 atom stereocenters. The summed E-state index contributed by atoms with van der Waals surface area (Å²) in [5.41, 5.74) is 5.47. The van der Waals surface area contributed by atoms with Crippen LogP contribution >= 0.6 is 0 Å². The molecular formula is C18H17N3O2. The number of aryl methyl sites for hydroxylation is 1. The zero-order chi connectivity index (χ0) is 16.2. The lowest BCUT2D eigenvalue weighted by Gasteiger charge is -2.07. The van der Waals surface area contributed by atoms with Gasteiger partial charge in [0.1, 0.15) is 17.3 Å². The topological polar surface area (TPSA) is 66.7 Å². The normalized spacial score (nSPS) is 11.0. The fraction of sp³-hybridized carbons (Fsp3) is 0.111. The first kappa shape index (κ1) is 14.8. The molecule has 0 aliphatic rings. The highest BCUT2D eigenvalue weighted by Gasteiger charge is 2.04. The number of anilines is 1. The van der Waals surface area contributed by atoms with Gasteiger partial charge in [-0.1, -0.05) is 12.1 Å². The summed E-state index contributed by atoms with van der Waals surface area (Å²) in [6.45, 7) is 2.02. The Morgan fingerprint density at radius 1 is 1.17 bits per heavy atom. The van der Waals surface area contributed by atoms with Crippen LogP contribution in [0.4, 0.5) is 5.82 Å². The molecule has 116 valence electrons. The average Bonchev–Trinajstić information content (AvgIpc) is 2.56. The van der Waals surface area contributed by atoms with E-state index < -0.39 is 0 Å². The maximum atomic E-state index is 9.70. The van der Waals surface area contributed by atoms with Crippen molar-refractivity contribution in [3.8, 4) is 11.5 Å². The maximum Gasteiger partial charge on any atom is 0.147 e. The molecule has 0 fully saturated rings. The summed E-state index contributed by atoms with van der Waals surface area (Å²) in [6.07, 6.45) is 1.56. The predicted octanol–water partition coefficient (Wildman–Crippen LogP) is 3.70. The van der Waals surface area contributed by atoms with Crippen LogP contribution in [0.15, 0.2) is 53.6 Å². The predicted molar refractivity (Wildman–Crippen MR) is 92.4 cm³/mol. The van der Waals surface area contributed by atoms with E-state index in [2.05, 4.69) is 15.5 Å². The van der Waals surface area contributed by atoms with Crippen LogP contribution in [0.3, 0.4) is 0 Å². The number of phenolic OH excluding ortho intramolecular Hbond substituents is 1. The van der Waals surface area contributed by atoms with Gasteiger partial charge >= 0.3 is 0 Å². The van der Waals surface area contributed by atoms with Gasteiger partial charge in [-0.3, -0.25) is 5.43 Å². The van der Waals surface area contributed by atoms with Crippen molar-refractivity contribution < 1.29 is 9.84 Å². The second-order valence-corrected chi connectivity index (χ2v) is 5.14. The Kier molecular flexibility index (Phi) is 4.10. The lowest BCUT2D eigenvalue weighted by atomic mass is 10.1. The molecule has 0 saturated heterocycles. The largest absolute Gasteiger partial charge is 0.507 e. The molecular weight excluding hydrogens is 290 g/mol. The van der Waals surface area contributed by atoms with E-state index in [0.717, 1.165) is 22.2 Å². The van der Waals surface area contributed by atoms with Gasteiger partial charge in [0, 0.05) is 17.0 Å². The number of para-hydroxylation sites is 1. The SMILES string of the molecule is COc1ccc2c(C)cc(N/N=C/c3ccccc3O)nc2c1. The Morgan fingerprint density at radius 2 is 2.00 bits per heavy atom. The molecule has 2 aromatic carbocycles. The summed E-state index contributed by atoms with van der Waals surface area (Å²) in [7, 11) is 1.63. The fourth-order valence-electron chi connectivity index (χ4n) is 2.33. The monoisotopic (exact) mass is 307 g/mol.